The minimum Gasteiger partial charge on any atom is -0.302 e. The van der Waals surface area contributed by atoms with Gasteiger partial charge in [0.2, 0.25) is 0 Å². The largest absolute Gasteiger partial charge is 0.302 e. The number of hydrogen-bond acceptors (Lipinski definition) is 1. The lowest BCUT2D eigenvalue weighted by atomic mass is 9.79. The zero-order valence-corrected chi connectivity index (χ0v) is 9.22. The maximum atomic E-state index is 2.57. The molecule has 1 rings (SSSR count). The van der Waals surface area contributed by atoms with E-state index < -0.39 is 0 Å². The fraction of sp³-hybridized carbons (Fsp3) is 1.00. The van der Waals surface area contributed by atoms with Crippen LogP contribution in [0.2, 0.25) is 0 Å². The van der Waals surface area contributed by atoms with Crippen LogP contribution in [0.15, 0.2) is 0 Å². The normalized spacial score (nSPS) is 21.5. The second-order valence-corrected chi connectivity index (χ2v) is 5.44. The van der Waals surface area contributed by atoms with Crippen LogP contribution in [0.4, 0.5) is 0 Å². The fourth-order valence-corrected chi connectivity index (χ4v) is 1.72. The Hall–Kier alpha value is -0.0400. The standard InChI is InChI=1S/C11H23N/c1-9(2)11(4,5)8-12-6-10(3)7-12/h9-10H,6-8H2,1-5H3. The van der Waals surface area contributed by atoms with Gasteiger partial charge in [0.15, 0.2) is 0 Å². The first kappa shape index (κ1) is 10.0. The predicted molar refractivity (Wildman–Crippen MR) is 54.2 cm³/mol. The van der Waals surface area contributed by atoms with Crippen molar-refractivity contribution >= 4 is 0 Å². The molecule has 0 spiro atoms. The van der Waals surface area contributed by atoms with E-state index in [1.54, 1.807) is 0 Å². The minimum absolute atomic E-state index is 0.486. The monoisotopic (exact) mass is 169 g/mol. The molecule has 0 aliphatic carbocycles. The molecule has 0 amide bonds. The Morgan fingerprint density at radius 1 is 1.33 bits per heavy atom. The molecule has 1 fully saturated rings. The van der Waals surface area contributed by atoms with E-state index in [9.17, 15) is 0 Å². The Morgan fingerprint density at radius 3 is 2.17 bits per heavy atom. The van der Waals surface area contributed by atoms with Gasteiger partial charge in [-0.15, -0.1) is 0 Å². The fourth-order valence-electron chi connectivity index (χ4n) is 1.72. The minimum atomic E-state index is 0.486. The van der Waals surface area contributed by atoms with Gasteiger partial charge in [0, 0.05) is 19.6 Å². The van der Waals surface area contributed by atoms with Gasteiger partial charge in [0.1, 0.15) is 0 Å². The van der Waals surface area contributed by atoms with E-state index in [0.717, 1.165) is 11.8 Å². The predicted octanol–water partition coefficient (Wildman–Crippen LogP) is 2.62. The lowest BCUT2D eigenvalue weighted by Gasteiger charge is -2.43. The third kappa shape index (κ3) is 2.22. The summed E-state index contributed by atoms with van der Waals surface area (Å²) in [4.78, 5) is 2.57. The highest BCUT2D eigenvalue weighted by Crippen LogP contribution is 2.29. The smallest absolute Gasteiger partial charge is 0.00354 e. The van der Waals surface area contributed by atoms with Crippen molar-refractivity contribution in [3.8, 4) is 0 Å². The zero-order chi connectivity index (χ0) is 9.35. The first-order valence-corrected chi connectivity index (χ1v) is 5.14. The summed E-state index contributed by atoms with van der Waals surface area (Å²) < 4.78 is 0. The van der Waals surface area contributed by atoms with Crippen molar-refractivity contribution in [2.75, 3.05) is 19.6 Å². The summed E-state index contributed by atoms with van der Waals surface area (Å²) in [6.45, 7) is 15.6. The van der Waals surface area contributed by atoms with Crippen LogP contribution in [-0.2, 0) is 0 Å². The van der Waals surface area contributed by atoms with Crippen molar-refractivity contribution in [3.05, 3.63) is 0 Å². The summed E-state index contributed by atoms with van der Waals surface area (Å²) >= 11 is 0. The maximum absolute atomic E-state index is 2.57. The van der Waals surface area contributed by atoms with Crippen LogP contribution in [0.5, 0.6) is 0 Å². The summed E-state index contributed by atoms with van der Waals surface area (Å²) in [5.41, 5.74) is 0.486. The third-order valence-electron chi connectivity index (χ3n) is 3.33. The van der Waals surface area contributed by atoms with Gasteiger partial charge in [-0.3, -0.25) is 0 Å². The second kappa shape index (κ2) is 3.37. The van der Waals surface area contributed by atoms with Crippen LogP contribution in [-0.4, -0.2) is 24.5 Å². The van der Waals surface area contributed by atoms with E-state index in [1.165, 1.54) is 19.6 Å². The van der Waals surface area contributed by atoms with Gasteiger partial charge in [-0.25, -0.2) is 0 Å². The average molecular weight is 169 g/mol. The molecule has 0 radical (unpaired) electrons. The molecule has 0 N–H and O–H groups in total. The molecule has 1 saturated heterocycles. The van der Waals surface area contributed by atoms with Gasteiger partial charge in [-0.1, -0.05) is 34.6 Å². The van der Waals surface area contributed by atoms with Gasteiger partial charge in [-0.2, -0.15) is 0 Å². The Balaban J connectivity index is 2.30. The molecule has 12 heavy (non-hydrogen) atoms. The van der Waals surface area contributed by atoms with Crippen LogP contribution >= 0.6 is 0 Å². The SMILES string of the molecule is CC1CN(CC(C)(C)C(C)C)C1. The number of likely N-dealkylation sites (tertiary alicyclic amines) is 1. The zero-order valence-electron chi connectivity index (χ0n) is 9.22. The summed E-state index contributed by atoms with van der Waals surface area (Å²) in [5.74, 6) is 1.72. The van der Waals surface area contributed by atoms with Crippen LogP contribution < -0.4 is 0 Å². The van der Waals surface area contributed by atoms with Crippen molar-refractivity contribution in [2.45, 2.75) is 34.6 Å². The lowest BCUT2D eigenvalue weighted by Crippen LogP contribution is -2.50. The van der Waals surface area contributed by atoms with Gasteiger partial charge in [0.25, 0.3) is 0 Å². The highest BCUT2D eigenvalue weighted by molar-refractivity contribution is 4.83. The van der Waals surface area contributed by atoms with Gasteiger partial charge >= 0.3 is 0 Å². The Bertz CT molecular complexity index is 143. The van der Waals surface area contributed by atoms with E-state index in [4.69, 9.17) is 0 Å². The molecule has 1 aliphatic heterocycles. The molecule has 1 heteroatoms. The molecule has 0 aromatic carbocycles. The van der Waals surface area contributed by atoms with E-state index >= 15 is 0 Å². The highest BCUT2D eigenvalue weighted by Gasteiger charge is 2.30. The van der Waals surface area contributed by atoms with Gasteiger partial charge in [0.05, 0.1) is 0 Å². The first-order valence-electron chi connectivity index (χ1n) is 5.14. The molecule has 0 aromatic heterocycles. The van der Waals surface area contributed by atoms with E-state index in [0.29, 0.717) is 5.41 Å². The van der Waals surface area contributed by atoms with Crippen LogP contribution in [0, 0.1) is 17.3 Å². The molecule has 0 aromatic rings. The molecule has 72 valence electrons. The summed E-state index contributed by atoms with van der Waals surface area (Å²) in [6.07, 6.45) is 0. The average Bonchev–Trinajstić information content (AvgIpc) is 1.83. The quantitative estimate of drug-likeness (QED) is 0.628. The summed E-state index contributed by atoms with van der Waals surface area (Å²) in [6, 6.07) is 0. The first-order chi connectivity index (χ1) is 5.42. The Kier molecular flexibility index (Phi) is 2.82. The van der Waals surface area contributed by atoms with Gasteiger partial charge < -0.3 is 4.90 Å². The van der Waals surface area contributed by atoms with E-state index in [1.807, 2.05) is 0 Å². The molecule has 0 unspecified atom stereocenters. The van der Waals surface area contributed by atoms with Gasteiger partial charge in [-0.05, 0) is 17.3 Å². The summed E-state index contributed by atoms with van der Waals surface area (Å²) in [5, 5.41) is 0. The van der Waals surface area contributed by atoms with Crippen LogP contribution in [0.1, 0.15) is 34.6 Å². The van der Waals surface area contributed by atoms with Crippen molar-refractivity contribution < 1.29 is 0 Å². The topological polar surface area (TPSA) is 3.24 Å². The van der Waals surface area contributed by atoms with Crippen molar-refractivity contribution in [2.24, 2.45) is 17.3 Å². The van der Waals surface area contributed by atoms with E-state index in [2.05, 4.69) is 39.5 Å². The Morgan fingerprint density at radius 2 is 1.83 bits per heavy atom. The number of nitrogens with zero attached hydrogens (tertiary/aromatic N) is 1. The molecule has 0 bridgehead atoms. The molecule has 1 aliphatic rings. The van der Waals surface area contributed by atoms with Crippen molar-refractivity contribution in [1.82, 2.24) is 4.90 Å². The van der Waals surface area contributed by atoms with E-state index in [-0.39, 0.29) is 0 Å². The molecular weight excluding hydrogens is 146 g/mol. The van der Waals surface area contributed by atoms with Crippen molar-refractivity contribution in [3.63, 3.8) is 0 Å². The van der Waals surface area contributed by atoms with Crippen molar-refractivity contribution in [1.29, 1.82) is 0 Å². The van der Waals surface area contributed by atoms with Crippen LogP contribution in [0.3, 0.4) is 0 Å². The third-order valence-corrected chi connectivity index (χ3v) is 3.33. The highest BCUT2D eigenvalue weighted by atomic mass is 15.2. The van der Waals surface area contributed by atoms with Crippen LogP contribution in [0.25, 0.3) is 0 Å². The summed E-state index contributed by atoms with van der Waals surface area (Å²) in [7, 11) is 0. The number of hydrogen-bond donors (Lipinski definition) is 0. The maximum Gasteiger partial charge on any atom is 0.00354 e. The second-order valence-electron chi connectivity index (χ2n) is 5.44. The molecule has 0 atom stereocenters. The molecular formula is C11H23N. The lowest BCUT2D eigenvalue weighted by molar-refractivity contribution is 0.0488. The molecule has 1 nitrogen and oxygen atoms in total. The number of rotatable bonds is 3. The Labute approximate surface area is 77.1 Å². The molecule has 1 heterocycles. The molecule has 0 saturated carbocycles.